The Balaban J connectivity index is 2.64. The second-order valence-corrected chi connectivity index (χ2v) is 5.27. The first-order valence-electron chi connectivity index (χ1n) is 4.49. The first-order chi connectivity index (χ1) is 6.92. The molecule has 0 aliphatic carbocycles. The zero-order valence-electron chi connectivity index (χ0n) is 8.93. The summed E-state index contributed by atoms with van der Waals surface area (Å²) in [5.74, 6) is 0.506. The Morgan fingerprint density at radius 3 is 2.73 bits per heavy atom. The second-order valence-electron chi connectivity index (χ2n) is 3.47. The van der Waals surface area contributed by atoms with Gasteiger partial charge in [-0.25, -0.2) is 4.98 Å². The van der Waals surface area contributed by atoms with Crippen LogP contribution in [0.3, 0.4) is 0 Å². The molecule has 0 aromatic carbocycles. The van der Waals surface area contributed by atoms with Gasteiger partial charge in [-0.05, 0) is 13.8 Å². The maximum Gasteiger partial charge on any atom is 0.279 e. The van der Waals surface area contributed by atoms with Crippen molar-refractivity contribution in [1.82, 2.24) is 24.2 Å². The smallest absolute Gasteiger partial charge is 0.262 e. The summed E-state index contributed by atoms with van der Waals surface area (Å²) in [5.41, 5.74) is 0. The van der Waals surface area contributed by atoms with Gasteiger partial charge in [0.05, 0.1) is 6.54 Å². The molecule has 1 aromatic rings. The quantitative estimate of drug-likeness (QED) is 0.716. The molecule has 0 spiro atoms. The Hall–Kier alpha value is -0.990. The molecule has 0 aliphatic rings. The number of hydrogen-bond donors (Lipinski definition) is 2. The minimum atomic E-state index is -3.44. The predicted octanol–water partition coefficient (Wildman–Crippen LogP) is -0.521. The van der Waals surface area contributed by atoms with Gasteiger partial charge in [0, 0.05) is 13.1 Å². The Bertz CT molecular complexity index is 386. The summed E-state index contributed by atoms with van der Waals surface area (Å²) in [6.07, 6.45) is 1.34. The molecule has 0 amide bonds. The van der Waals surface area contributed by atoms with Crippen molar-refractivity contribution in [3.8, 4) is 0 Å². The van der Waals surface area contributed by atoms with E-state index in [4.69, 9.17) is 0 Å². The van der Waals surface area contributed by atoms with Gasteiger partial charge in [0.2, 0.25) is 0 Å². The molecule has 2 N–H and O–H groups in total. The lowest BCUT2D eigenvalue weighted by Crippen LogP contribution is -2.41. The van der Waals surface area contributed by atoms with Crippen LogP contribution in [0.4, 0.5) is 0 Å². The van der Waals surface area contributed by atoms with Crippen molar-refractivity contribution >= 4 is 10.2 Å². The third-order valence-electron chi connectivity index (χ3n) is 1.63. The summed E-state index contributed by atoms with van der Waals surface area (Å²) in [7, 11) is -1.96. The molecule has 0 fully saturated rings. The van der Waals surface area contributed by atoms with Crippen molar-refractivity contribution in [2.75, 3.05) is 7.05 Å². The number of aromatic nitrogens is 3. The van der Waals surface area contributed by atoms with Crippen LogP contribution < -0.4 is 4.72 Å². The molecule has 0 bridgehead atoms. The van der Waals surface area contributed by atoms with Gasteiger partial charge >= 0.3 is 0 Å². The molecule has 0 saturated heterocycles. The van der Waals surface area contributed by atoms with E-state index in [1.807, 2.05) is 0 Å². The molecule has 0 unspecified atom stereocenters. The van der Waals surface area contributed by atoms with Gasteiger partial charge in [-0.2, -0.15) is 22.5 Å². The van der Waals surface area contributed by atoms with E-state index in [1.165, 1.54) is 17.7 Å². The minimum absolute atomic E-state index is 0.132. The number of nitrogens with one attached hydrogen (secondary N) is 2. The third-order valence-corrected chi connectivity index (χ3v) is 3.35. The highest BCUT2D eigenvalue weighted by Gasteiger charge is 2.19. The lowest BCUT2D eigenvalue weighted by Gasteiger charge is -2.17. The van der Waals surface area contributed by atoms with Gasteiger partial charge in [0.1, 0.15) is 12.2 Å². The van der Waals surface area contributed by atoms with Crippen LogP contribution in [0, 0.1) is 0 Å². The van der Waals surface area contributed by atoms with Crippen molar-refractivity contribution in [2.45, 2.75) is 26.4 Å². The highest BCUT2D eigenvalue weighted by atomic mass is 32.2. The first-order valence-corrected chi connectivity index (χ1v) is 5.93. The number of rotatable bonds is 5. The van der Waals surface area contributed by atoms with Gasteiger partial charge in [-0.15, -0.1) is 0 Å². The minimum Gasteiger partial charge on any atom is -0.262 e. The van der Waals surface area contributed by atoms with Crippen LogP contribution >= 0.6 is 0 Å². The van der Waals surface area contributed by atoms with Crippen LogP contribution in [0.5, 0.6) is 0 Å². The summed E-state index contributed by atoms with van der Waals surface area (Å²) in [4.78, 5) is 3.85. The molecule has 7 nitrogen and oxygen atoms in total. The van der Waals surface area contributed by atoms with Crippen LogP contribution in [-0.2, 0) is 16.8 Å². The molecule has 1 heterocycles. The zero-order valence-corrected chi connectivity index (χ0v) is 9.74. The van der Waals surface area contributed by atoms with Crippen LogP contribution in [0.15, 0.2) is 6.33 Å². The van der Waals surface area contributed by atoms with E-state index in [2.05, 4.69) is 19.9 Å². The lowest BCUT2D eigenvalue weighted by atomic mass is 10.4. The standard InChI is InChI=1S/C7H15N5O2S/c1-6(2)11-15(13,14)12(3)4-7-8-5-9-10-7/h5-6,11H,4H2,1-3H3,(H,8,9,10). The number of hydrogen-bond acceptors (Lipinski definition) is 4. The molecule has 86 valence electrons. The molecule has 1 aromatic heterocycles. The molecule has 0 saturated carbocycles. The molecule has 0 aliphatic heterocycles. The molecule has 0 atom stereocenters. The van der Waals surface area contributed by atoms with Crippen LogP contribution in [-0.4, -0.2) is 41.0 Å². The Kier molecular flexibility index (Phi) is 3.77. The molecule has 15 heavy (non-hydrogen) atoms. The Morgan fingerprint density at radius 2 is 2.27 bits per heavy atom. The lowest BCUT2D eigenvalue weighted by molar-refractivity contribution is 0.441. The van der Waals surface area contributed by atoms with E-state index in [-0.39, 0.29) is 12.6 Å². The monoisotopic (exact) mass is 233 g/mol. The summed E-state index contributed by atoms with van der Waals surface area (Å²) >= 11 is 0. The summed E-state index contributed by atoms with van der Waals surface area (Å²) in [6, 6.07) is -0.132. The maximum absolute atomic E-state index is 11.6. The van der Waals surface area contributed by atoms with E-state index >= 15 is 0 Å². The average Bonchev–Trinajstić information content (AvgIpc) is 2.54. The van der Waals surface area contributed by atoms with Gasteiger partial charge in [0.25, 0.3) is 10.2 Å². The van der Waals surface area contributed by atoms with E-state index in [0.717, 1.165) is 0 Å². The highest BCUT2D eigenvalue weighted by molar-refractivity contribution is 7.87. The Morgan fingerprint density at radius 1 is 1.60 bits per heavy atom. The van der Waals surface area contributed by atoms with Gasteiger partial charge in [0.15, 0.2) is 0 Å². The van der Waals surface area contributed by atoms with E-state index < -0.39 is 10.2 Å². The van der Waals surface area contributed by atoms with Crippen molar-refractivity contribution in [3.63, 3.8) is 0 Å². The number of H-pyrrole nitrogens is 1. The highest BCUT2D eigenvalue weighted by Crippen LogP contribution is 2.00. The molecule has 0 radical (unpaired) electrons. The van der Waals surface area contributed by atoms with Crippen LogP contribution in [0.1, 0.15) is 19.7 Å². The van der Waals surface area contributed by atoms with Gasteiger partial charge in [-0.1, -0.05) is 0 Å². The molecular weight excluding hydrogens is 218 g/mol. The zero-order chi connectivity index (χ0) is 11.5. The molecular formula is C7H15N5O2S. The molecule has 1 rings (SSSR count). The van der Waals surface area contributed by atoms with Crippen LogP contribution in [0.25, 0.3) is 0 Å². The summed E-state index contributed by atoms with van der Waals surface area (Å²) in [5, 5.41) is 6.24. The fourth-order valence-electron chi connectivity index (χ4n) is 0.991. The topological polar surface area (TPSA) is 91.0 Å². The van der Waals surface area contributed by atoms with Gasteiger partial charge in [-0.3, -0.25) is 5.10 Å². The van der Waals surface area contributed by atoms with Crippen molar-refractivity contribution in [3.05, 3.63) is 12.2 Å². The van der Waals surface area contributed by atoms with E-state index in [9.17, 15) is 8.42 Å². The Labute approximate surface area is 89.1 Å². The van der Waals surface area contributed by atoms with E-state index in [0.29, 0.717) is 5.82 Å². The SMILES string of the molecule is CC(C)NS(=O)(=O)N(C)Cc1ncn[nH]1. The fraction of sp³-hybridized carbons (Fsp3) is 0.714. The van der Waals surface area contributed by atoms with Gasteiger partial charge < -0.3 is 0 Å². The summed E-state index contributed by atoms with van der Waals surface area (Å²) in [6.45, 7) is 3.70. The summed E-state index contributed by atoms with van der Waals surface area (Å²) < 4.78 is 26.9. The second kappa shape index (κ2) is 4.69. The maximum atomic E-state index is 11.6. The normalized spacial score (nSPS) is 12.6. The van der Waals surface area contributed by atoms with Crippen molar-refractivity contribution in [2.24, 2.45) is 0 Å². The fourth-order valence-corrected chi connectivity index (χ4v) is 2.06. The predicted molar refractivity (Wildman–Crippen MR) is 55.0 cm³/mol. The van der Waals surface area contributed by atoms with E-state index in [1.54, 1.807) is 13.8 Å². The van der Waals surface area contributed by atoms with Crippen molar-refractivity contribution < 1.29 is 8.42 Å². The van der Waals surface area contributed by atoms with Crippen LogP contribution in [0.2, 0.25) is 0 Å². The number of aromatic amines is 1. The third kappa shape index (κ3) is 3.57. The molecule has 8 heteroatoms. The first kappa shape index (κ1) is 12.1. The van der Waals surface area contributed by atoms with Crippen molar-refractivity contribution in [1.29, 1.82) is 0 Å². The average molecular weight is 233 g/mol. The number of nitrogens with zero attached hydrogens (tertiary/aromatic N) is 3. The largest absolute Gasteiger partial charge is 0.279 e.